The SMILES string of the molecule is CCC1C(=O)NC(C2CCCCC2)C(=O)N1C/C=C/Cl. The second-order valence-corrected chi connectivity index (χ2v) is 5.91. The van der Waals surface area contributed by atoms with E-state index in [2.05, 4.69) is 5.32 Å². The van der Waals surface area contributed by atoms with Crippen LogP contribution in [0.2, 0.25) is 0 Å². The van der Waals surface area contributed by atoms with Gasteiger partial charge in [-0.3, -0.25) is 9.59 Å². The number of nitrogens with zero attached hydrogens (tertiary/aromatic N) is 1. The largest absolute Gasteiger partial charge is 0.342 e. The predicted molar refractivity (Wildman–Crippen MR) is 79.3 cm³/mol. The molecule has 2 aliphatic rings. The van der Waals surface area contributed by atoms with E-state index in [1.165, 1.54) is 12.0 Å². The monoisotopic (exact) mass is 298 g/mol. The Morgan fingerprint density at radius 1 is 1.30 bits per heavy atom. The number of amides is 2. The number of carbonyl (C=O) groups excluding carboxylic acids is 2. The molecule has 1 saturated carbocycles. The zero-order valence-corrected chi connectivity index (χ0v) is 12.7. The van der Waals surface area contributed by atoms with Crippen LogP contribution in [0.5, 0.6) is 0 Å². The van der Waals surface area contributed by atoms with Crippen LogP contribution in [0.3, 0.4) is 0 Å². The number of rotatable bonds is 4. The van der Waals surface area contributed by atoms with Gasteiger partial charge in [0.25, 0.3) is 0 Å². The van der Waals surface area contributed by atoms with Crippen molar-refractivity contribution in [1.82, 2.24) is 10.2 Å². The van der Waals surface area contributed by atoms with Gasteiger partial charge in [-0.2, -0.15) is 0 Å². The highest BCUT2D eigenvalue weighted by Gasteiger charge is 2.42. The molecule has 1 N–H and O–H groups in total. The second-order valence-electron chi connectivity index (χ2n) is 5.66. The zero-order chi connectivity index (χ0) is 14.5. The molecule has 1 saturated heterocycles. The van der Waals surface area contributed by atoms with E-state index in [0.29, 0.717) is 18.9 Å². The van der Waals surface area contributed by atoms with Crippen molar-refractivity contribution < 1.29 is 9.59 Å². The fraction of sp³-hybridized carbons (Fsp3) is 0.733. The molecule has 0 bridgehead atoms. The minimum Gasteiger partial charge on any atom is -0.342 e. The van der Waals surface area contributed by atoms with Gasteiger partial charge in [-0.1, -0.05) is 43.9 Å². The van der Waals surface area contributed by atoms with E-state index in [0.717, 1.165) is 25.7 Å². The van der Waals surface area contributed by atoms with Gasteiger partial charge < -0.3 is 10.2 Å². The highest BCUT2D eigenvalue weighted by molar-refractivity contribution is 6.25. The molecule has 5 heteroatoms. The summed E-state index contributed by atoms with van der Waals surface area (Å²) in [6.07, 6.45) is 7.97. The number of hydrogen-bond acceptors (Lipinski definition) is 2. The maximum absolute atomic E-state index is 12.7. The molecule has 112 valence electrons. The first-order valence-corrected chi connectivity index (χ1v) is 7.98. The summed E-state index contributed by atoms with van der Waals surface area (Å²) in [5.41, 5.74) is 1.40. The molecular weight excluding hydrogens is 276 g/mol. The van der Waals surface area contributed by atoms with E-state index in [1.54, 1.807) is 11.0 Å². The summed E-state index contributed by atoms with van der Waals surface area (Å²) in [7, 11) is 0. The van der Waals surface area contributed by atoms with Crippen LogP contribution < -0.4 is 5.32 Å². The van der Waals surface area contributed by atoms with E-state index in [9.17, 15) is 9.59 Å². The van der Waals surface area contributed by atoms with Crippen LogP contribution in [0.25, 0.3) is 0 Å². The molecule has 2 unspecified atom stereocenters. The van der Waals surface area contributed by atoms with Crippen molar-refractivity contribution in [3.8, 4) is 0 Å². The van der Waals surface area contributed by atoms with Crippen LogP contribution in [-0.2, 0) is 9.59 Å². The third-order valence-electron chi connectivity index (χ3n) is 4.42. The lowest BCUT2D eigenvalue weighted by atomic mass is 9.82. The zero-order valence-electron chi connectivity index (χ0n) is 12.0. The first-order chi connectivity index (χ1) is 9.69. The van der Waals surface area contributed by atoms with Gasteiger partial charge in [0.1, 0.15) is 12.1 Å². The molecule has 0 aromatic carbocycles. The van der Waals surface area contributed by atoms with Crippen LogP contribution in [0.4, 0.5) is 0 Å². The van der Waals surface area contributed by atoms with Gasteiger partial charge in [0, 0.05) is 12.1 Å². The third-order valence-corrected chi connectivity index (χ3v) is 4.60. The molecule has 2 fully saturated rings. The Bertz CT molecular complexity index is 391. The fourth-order valence-corrected chi connectivity index (χ4v) is 3.43. The molecule has 1 heterocycles. The minimum absolute atomic E-state index is 0.0226. The lowest BCUT2D eigenvalue weighted by Gasteiger charge is -2.41. The summed E-state index contributed by atoms with van der Waals surface area (Å²) >= 11 is 5.56. The summed E-state index contributed by atoms with van der Waals surface area (Å²) < 4.78 is 0. The Labute approximate surface area is 125 Å². The van der Waals surface area contributed by atoms with Crippen molar-refractivity contribution in [1.29, 1.82) is 0 Å². The molecule has 1 aliphatic carbocycles. The molecule has 0 aromatic rings. The van der Waals surface area contributed by atoms with E-state index in [4.69, 9.17) is 11.6 Å². The standard InChI is InChI=1S/C15H23ClN2O2/c1-2-12-14(19)17-13(11-7-4-3-5-8-11)15(20)18(12)10-6-9-16/h6,9,11-13H,2-5,7-8,10H2,1H3,(H,17,19)/b9-6+. The lowest BCUT2D eigenvalue weighted by molar-refractivity contribution is -0.150. The minimum atomic E-state index is -0.366. The molecule has 2 rings (SSSR count). The molecule has 20 heavy (non-hydrogen) atoms. The molecule has 4 nitrogen and oxygen atoms in total. The van der Waals surface area contributed by atoms with Crippen molar-refractivity contribution in [2.45, 2.75) is 57.5 Å². The van der Waals surface area contributed by atoms with Crippen molar-refractivity contribution in [2.75, 3.05) is 6.54 Å². The quantitative estimate of drug-likeness (QED) is 0.866. The summed E-state index contributed by atoms with van der Waals surface area (Å²) in [6.45, 7) is 2.34. The molecule has 2 atom stereocenters. The van der Waals surface area contributed by atoms with Crippen molar-refractivity contribution in [2.24, 2.45) is 5.92 Å². The van der Waals surface area contributed by atoms with Gasteiger partial charge in [0.05, 0.1) is 0 Å². The van der Waals surface area contributed by atoms with E-state index in [-0.39, 0.29) is 23.9 Å². The van der Waals surface area contributed by atoms with Crippen LogP contribution in [0.1, 0.15) is 45.4 Å². The lowest BCUT2D eigenvalue weighted by Crippen LogP contribution is -2.65. The summed E-state index contributed by atoms with van der Waals surface area (Å²) in [5, 5.41) is 2.96. The number of piperazine rings is 1. The average Bonchev–Trinajstić information content (AvgIpc) is 2.48. The van der Waals surface area contributed by atoms with Gasteiger partial charge in [0.2, 0.25) is 11.8 Å². The molecule has 1 aliphatic heterocycles. The number of carbonyl (C=O) groups is 2. The van der Waals surface area contributed by atoms with E-state index < -0.39 is 0 Å². The molecule has 0 spiro atoms. The normalized spacial score (nSPS) is 29.0. The Hall–Kier alpha value is -1.03. The highest BCUT2D eigenvalue weighted by Crippen LogP contribution is 2.29. The number of nitrogens with one attached hydrogen (secondary N) is 1. The summed E-state index contributed by atoms with van der Waals surface area (Å²) in [6, 6.07) is -0.704. The number of halogens is 1. The van der Waals surface area contributed by atoms with E-state index in [1.807, 2.05) is 6.92 Å². The second kappa shape index (κ2) is 7.11. The van der Waals surface area contributed by atoms with Gasteiger partial charge in [0.15, 0.2) is 0 Å². The maximum atomic E-state index is 12.7. The highest BCUT2D eigenvalue weighted by atomic mass is 35.5. The maximum Gasteiger partial charge on any atom is 0.246 e. The van der Waals surface area contributed by atoms with Crippen molar-refractivity contribution >= 4 is 23.4 Å². The molecule has 2 amide bonds. The number of hydrogen-bond donors (Lipinski definition) is 1. The van der Waals surface area contributed by atoms with Gasteiger partial charge in [-0.05, 0) is 25.2 Å². The fourth-order valence-electron chi connectivity index (χ4n) is 3.35. The third kappa shape index (κ3) is 3.17. The average molecular weight is 299 g/mol. The van der Waals surface area contributed by atoms with Crippen LogP contribution in [-0.4, -0.2) is 35.3 Å². The van der Waals surface area contributed by atoms with Crippen LogP contribution >= 0.6 is 11.6 Å². The van der Waals surface area contributed by atoms with Gasteiger partial charge in [-0.25, -0.2) is 0 Å². The molecule has 0 aromatic heterocycles. The topological polar surface area (TPSA) is 49.4 Å². The first-order valence-electron chi connectivity index (χ1n) is 7.55. The Balaban J connectivity index is 2.14. The van der Waals surface area contributed by atoms with Crippen LogP contribution in [0, 0.1) is 5.92 Å². The summed E-state index contributed by atoms with van der Waals surface area (Å²) in [5.74, 6) is 0.323. The predicted octanol–water partition coefficient (Wildman–Crippen LogP) is 2.42. The van der Waals surface area contributed by atoms with Crippen LogP contribution in [0.15, 0.2) is 11.6 Å². The van der Waals surface area contributed by atoms with Gasteiger partial charge >= 0.3 is 0 Å². The smallest absolute Gasteiger partial charge is 0.246 e. The molecular formula is C15H23ClN2O2. The van der Waals surface area contributed by atoms with Crippen molar-refractivity contribution in [3.63, 3.8) is 0 Å². The Morgan fingerprint density at radius 2 is 2.00 bits per heavy atom. The molecule has 0 radical (unpaired) electrons. The summed E-state index contributed by atoms with van der Waals surface area (Å²) in [4.78, 5) is 26.6. The van der Waals surface area contributed by atoms with E-state index >= 15 is 0 Å². The Morgan fingerprint density at radius 3 is 2.60 bits per heavy atom. The first kappa shape index (κ1) is 15.4. The Kier molecular flexibility index (Phi) is 5.46. The van der Waals surface area contributed by atoms with Gasteiger partial charge in [-0.15, -0.1) is 0 Å². The van der Waals surface area contributed by atoms with Crippen molar-refractivity contribution in [3.05, 3.63) is 11.6 Å².